The normalized spacial score (nSPS) is 11.6. The monoisotopic (exact) mass is 446 g/mol. The van der Waals surface area contributed by atoms with Crippen LogP contribution in [0.5, 0.6) is 0 Å². The van der Waals surface area contributed by atoms with E-state index >= 15 is 0 Å². The van der Waals surface area contributed by atoms with Gasteiger partial charge in [-0.2, -0.15) is 0 Å². The van der Waals surface area contributed by atoms with Crippen LogP contribution in [-0.4, -0.2) is 29.3 Å². The predicted octanol–water partition coefficient (Wildman–Crippen LogP) is 4.92. The summed E-state index contributed by atoms with van der Waals surface area (Å²) in [6.45, 7) is 2.97. The number of nitrogens with zero attached hydrogens (tertiary/aromatic N) is 1. The van der Waals surface area contributed by atoms with Gasteiger partial charge >= 0.3 is 0 Å². The number of hydrogen-bond donors (Lipinski definition) is 1. The van der Waals surface area contributed by atoms with Crippen molar-refractivity contribution in [2.75, 3.05) is 6.54 Å². The minimum atomic E-state index is -0.655. The zero-order valence-electron chi connectivity index (χ0n) is 19.0. The molecule has 0 bridgehead atoms. The van der Waals surface area contributed by atoms with Crippen molar-refractivity contribution in [1.29, 1.82) is 0 Å². The quantitative estimate of drug-likeness (QED) is 0.425. The number of benzene rings is 3. The fraction of sp³-hybridized carbons (Fsp3) is 0.286. The lowest BCUT2D eigenvalue weighted by molar-refractivity contribution is -0.140. The van der Waals surface area contributed by atoms with E-state index in [9.17, 15) is 14.0 Å². The summed E-state index contributed by atoms with van der Waals surface area (Å²) in [6.07, 6.45) is 2.37. The fourth-order valence-corrected chi connectivity index (χ4v) is 3.72. The highest BCUT2D eigenvalue weighted by atomic mass is 19.1. The molecular formula is C28H31FN2O2. The third-order valence-corrected chi connectivity index (χ3v) is 5.57. The Bertz CT molecular complexity index is 1010. The van der Waals surface area contributed by atoms with Crippen LogP contribution in [0, 0.1) is 5.82 Å². The second-order valence-corrected chi connectivity index (χ2v) is 8.16. The van der Waals surface area contributed by atoms with Crippen LogP contribution in [0.15, 0.2) is 84.9 Å². The summed E-state index contributed by atoms with van der Waals surface area (Å²) in [6, 6.07) is 24.7. The first kappa shape index (κ1) is 24.2. The highest BCUT2D eigenvalue weighted by molar-refractivity contribution is 5.88. The Morgan fingerprint density at radius 2 is 1.45 bits per heavy atom. The van der Waals surface area contributed by atoms with Crippen molar-refractivity contribution in [2.24, 2.45) is 0 Å². The second kappa shape index (κ2) is 12.5. The van der Waals surface area contributed by atoms with Crippen molar-refractivity contribution < 1.29 is 14.0 Å². The van der Waals surface area contributed by atoms with Crippen LogP contribution in [0.25, 0.3) is 0 Å². The maximum atomic E-state index is 13.5. The van der Waals surface area contributed by atoms with Crippen molar-refractivity contribution in [2.45, 2.75) is 45.2 Å². The van der Waals surface area contributed by atoms with Gasteiger partial charge in [-0.15, -0.1) is 0 Å². The number of rotatable bonds is 11. The zero-order chi connectivity index (χ0) is 23.5. The van der Waals surface area contributed by atoms with Crippen LogP contribution in [-0.2, 0) is 29.0 Å². The van der Waals surface area contributed by atoms with Gasteiger partial charge in [-0.25, -0.2) is 4.39 Å². The van der Waals surface area contributed by atoms with Crippen LogP contribution < -0.4 is 5.32 Å². The molecule has 1 N–H and O–H groups in total. The predicted molar refractivity (Wildman–Crippen MR) is 129 cm³/mol. The lowest BCUT2D eigenvalue weighted by Crippen LogP contribution is -2.51. The summed E-state index contributed by atoms with van der Waals surface area (Å²) < 4.78 is 13.3. The topological polar surface area (TPSA) is 49.4 Å². The molecule has 0 aliphatic heterocycles. The molecule has 0 aromatic heterocycles. The summed E-state index contributed by atoms with van der Waals surface area (Å²) in [4.78, 5) is 28.5. The average molecular weight is 447 g/mol. The molecule has 0 radical (unpaired) electrons. The van der Waals surface area contributed by atoms with E-state index < -0.39 is 6.04 Å². The summed E-state index contributed by atoms with van der Waals surface area (Å²) >= 11 is 0. The summed E-state index contributed by atoms with van der Waals surface area (Å²) in [5.41, 5.74) is 2.65. The number of halogens is 1. The van der Waals surface area contributed by atoms with Gasteiger partial charge in [0.1, 0.15) is 11.9 Å². The molecule has 0 saturated carbocycles. The Balaban J connectivity index is 1.90. The highest BCUT2D eigenvalue weighted by Crippen LogP contribution is 2.17. The molecule has 0 fully saturated rings. The van der Waals surface area contributed by atoms with Crippen molar-refractivity contribution in [1.82, 2.24) is 10.2 Å². The molecule has 0 aliphatic carbocycles. The van der Waals surface area contributed by atoms with Gasteiger partial charge in [0.25, 0.3) is 0 Å². The number of amides is 2. The Hall–Kier alpha value is -3.47. The average Bonchev–Trinajstić information content (AvgIpc) is 2.84. The molecule has 0 aliphatic rings. The van der Waals surface area contributed by atoms with E-state index in [4.69, 9.17) is 0 Å². The molecule has 3 rings (SSSR count). The van der Waals surface area contributed by atoms with Gasteiger partial charge in [0.2, 0.25) is 11.8 Å². The zero-order valence-corrected chi connectivity index (χ0v) is 19.0. The SMILES string of the molecule is CCCCNC(=O)[C@H](Cc1ccccc1)N(Cc1ccccc1)C(=O)Cc1ccc(F)cc1. The maximum Gasteiger partial charge on any atom is 0.243 e. The van der Waals surface area contributed by atoms with Gasteiger partial charge in [-0.05, 0) is 35.2 Å². The molecule has 0 unspecified atom stereocenters. The Morgan fingerprint density at radius 1 is 0.848 bits per heavy atom. The third kappa shape index (κ3) is 7.56. The standard InChI is InChI=1S/C28H31FN2O2/c1-2-3-18-30-28(33)26(19-22-10-6-4-7-11-22)31(21-24-12-8-5-9-13-24)27(32)20-23-14-16-25(29)17-15-23/h4-17,26H,2-3,18-21H2,1H3,(H,30,33)/t26-/m0/s1. The molecule has 1 atom stereocenters. The molecule has 0 heterocycles. The number of hydrogen-bond acceptors (Lipinski definition) is 2. The minimum absolute atomic E-state index is 0.0979. The van der Waals surface area contributed by atoms with Gasteiger partial charge in [0, 0.05) is 19.5 Å². The molecule has 2 amide bonds. The highest BCUT2D eigenvalue weighted by Gasteiger charge is 2.30. The minimum Gasteiger partial charge on any atom is -0.354 e. The lowest BCUT2D eigenvalue weighted by Gasteiger charge is -2.31. The van der Waals surface area contributed by atoms with Crippen molar-refractivity contribution in [3.05, 3.63) is 107 Å². The molecule has 33 heavy (non-hydrogen) atoms. The maximum absolute atomic E-state index is 13.5. The van der Waals surface area contributed by atoms with Crippen LogP contribution in [0.1, 0.15) is 36.5 Å². The molecular weight excluding hydrogens is 415 g/mol. The number of carbonyl (C=O) groups is 2. The Kier molecular flexibility index (Phi) is 9.19. The molecule has 172 valence electrons. The molecule has 0 saturated heterocycles. The first-order valence-electron chi connectivity index (χ1n) is 11.5. The molecule has 3 aromatic carbocycles. The van der Waals surface area contributed by atoms with Crippen molar-refractivity contribution >= 4 is 11.8 Å². The first-order valence-corrected chi connectivity index (χ1v) is 11.5. The van der Waals surface area contributed by atoms with Crippen molar-refractivity contribution in [3.8, 4) is 0 Å². The number of unbranched alkanes of at least 4 members (excludes halogenated alkanes) is 1. The van der Waals surface area contributed by atoms with Crippen LogP contribution in [0.4, 0.5) is 4.39 Å². The van der Waals surface area contributed by atoms with E-state index in [0.29, 0.717) is 25.1 Å². The molecule has 3 aromatic rings. The second-order valence-electron chi connectivity index (χ2n) is 8.16. The van der Waals surface area contributed by atoms with Gasteiger partial charge in [-0.3, -0.25) is 9.59 Å². The number of nitrogens with one attached hydrogen (secondary N) is 1. The van der Waals surface area contributed by atoms with Gasteiger partial charge in [0.05, 0.1) is 6.42 Å². The Morgan fingerprint density at radius 3 is 2.06 bits per heavy atom. The molecule has 0 spiro atoms. The first-order chi connectivity index (χ1) is 16.1. The van der Waals surface area contributed by atoms with Gasteiger partial charge in [-0.1, -0.05) is 86.1 Å². The smallest absolute Gasteiger partial charge is 0.243 e. The largest absolute Gasteiger partial charge is 0.354 e. The third-order valence-electron chi connectivity index (χ3n) is 5.57. The summed E-state index contributed by atoms with van der Waals surface area (Å²) in [7, 11) is 0. The summed E-state index contributed by atoms with van der Waals surface area (Å²) in [5, 5.41) is 3.01. The van der Waals surface area contributed by atoms with E-state index in [1.54, 1.807) is 17.0 Å². The van der Waals surface area contributed by atoms with E-state index in [0.717, 1.165) is 24.0 Å². The van der Waals surface area contributed by atoms with Crippen LogP contribution in [0.2, 0.25) is 0 Å². The van der Waals surface area contributed by atoms with E-state index in [1.165, 1.54) is 12.1 Å². The molecule has 4 nitrogen and oxygen atoms in total. The van der Waals surface area contributed by atoms with Crippen LogP contribution in [0.3, 0.4) is 0 Å². The van der Waals surface area contributed by atoms with Gasteiger partial charge < -0.3 is 10.2 Å². The lowest BCUT2D eigenvalue weighted by atomic mass is 10.0. The fourth-order valence-electron chi connectivity index (χ4n) is 3.72. The summed E-state index contributed by atoms with van der Waals surface area (Å²) in [5.74, 6) is -0.669. The van der Waals surface area contributed by atoms with Crippen LogP contribution >= 0.6 is 0 Å². The van der Waals surface area contributed by atoms with Crippen molar-refractivity contribution in [3.63, 3.8) is 0 Å². The van der Waals surface area contributed by atoms with E-state index in [-0.39, 0.29) is 24.1 Å². The molecule has 5 heteroatoms. The van der Waals surface area contributed by atoms with E-state index in [1.807, 2.05) is 60.7 Å². The van der Waals surface area contributed by atoms with Gasteiger partial charge in [0.15, 0.2) is 0 Å². The Labute approximate surface area is 195 Å². The number of carbonyl (C=O) groups excluding carboxylic acids is 2. The van der Waals surface area contributed by atoms with E-state index in [2.05, 4.69) is 12.2 Å².